The smallest absolute Gasteiger partial charge is 0.155 e. The van der Waals surface area contributed by atoms with Crippen LogP contribution in [0.25, 0.3) is 0 Å². The van der Waals surface area contributed by atoms with Crippen molar-refractivity contribution in [2.24, 2.45) is 63.2 Å². The first-order chi connectivity index (χ1) is 12.6. The van der Waals surface area contributed by atoms with Crippen LogP contribution >= 0.6 is 0 Å². The maximum Gasteiger partial charge on any atom is 0.155 e. The van der Waals surface area contributed by atoms with E-state index >= 15 is 0 Å². The quantitative estimate of drug-likeness (QED) is 0.648. The molecule has 0 amide bonds. The monoisotopic (exact) mass is 351 g/mol. The summed E-state index contributed by atoms with van der Waals surface area (Å²) in [6.07, 6.45) is 13.4. The van der Waals surface area contributed by atoms with Gasteiger partial charge in [0.1, 0.15) is 0 Å². The summed E-state index contributed by atoms with van der Waals surface area (Å²) in [5, 5.41) is 0. The Bertz CT molecular complexity index is 736. The molecule has 5 fully saturated rings. The van der Waals surface area contributed by atoms with E-state index in [1.165, 1.54) is 32.1 Å². The van der Waals surface area contributed by atoms with Gasteiger partial charge in [0, 0.05) is 25.1 Å². The van der Waals surface area contributed by atoms with Crippen LogP contribution in [0.15, 0.2) is 16.6 Å². The minimum atomic E-state index is 0.333. The summed E-state index contributed by atoms with van der Waals surface area (Å²) in [7, 11) is 1.98. The predicted octanol–water partition coefficient (Wildman–Crippen LogP) is 4.94. The molecule has 0 aromatic carbocycles. The zero-order chi connectivity index (χ0) is 17.8. The van der Waals surface area contributed by atoms with Crippen LogP contribution in [0.5, 0.6) is 0 Å². The van der Waals surface area contributed by atoms with Crippen molar-refractivity contribution >= 4 is 12.0 Å². The molecule has 0 N–H and O–H groups in total. The number of fused-ring (bicyclic) bond motifs is 10. The van der Waals surface area contributed by atoms with Crippen molar-refractivity contribution in [2.75, 3.05) is 7.05 Å². The molecule has 140 valence electrons. The van der Waals surface area contributed by atoms with Gasteiger partial charge in [0.15, 0.2) is 5.78 Å². The van der Waals surface area contributed by atoms with Gasteiger partial charge in [-0.25, -0.2) is 0 Å². The zero-order valence-electron chi connectivity index (χ0n) is 16.6. The second-order valence-corrected chi connectivity index (χ2v) is 10.8. The largest absolute Gasteiger partial charge is 0.300 e. The van der Waals surface area contributed by atoms with Gasteiger partial charge in [-0.1, -0.05) is 19.4 Å². The SMILES string of the molecule is CCC12CCC3C4CCC(=O)C=C4C4CC4C3C1C1CC1C2(C)C=NC. The number of carbonyl (C=O) groups is 1. The van der Waals surface area contributed by atoms with Gasteiger partial charge in [-0.3, -0.25) is 4.79 Å². The summed E-state index contributed by atoms with van der Waals surface area (Å²) < 4.78 is 0. The van der Waals surface area contributed by atoms with Crippen molar-refractivity contribution in [1.82, 2.24) is 0 Å². The molecule has 0 aromatic rings. The Labute approximate surface area is 157 Å². The number of aliphatic imine (C=N–C) groups is 1. The highest BCUT2D eigenvalue weighted by Crippen LogP contribution is 2.81. The molecule has 6 aliphatic carbocycles. The van der Waals surface area contributed by atoms with Gasteiger partial charge in [0.2, 0.25) is 0 Å². The van der Waals surface area contributed by atoms with Gasteiger partial charge in [-0.15, -0.1) is 0 Å². The molecule has 0 saturated heterocycles. The molecule has 10 atom stereocenters. The summed E-state index contributed by atoms with van der Waals surface area (Å²) >= 11 is 0. The van der Waals surface area contributed by atoms with Gasteiger partial charge < -0.3 is 4.99 Å². The van der Waals surface area contributed by atoms with Crippen LogP contribution in [-0.4, -0.2) is 19.0 Å². The van der Waals surface area contributed by atoms with Crippen LogP contribution < -0.4 is 0 Å². The van der Waals surface area contributed by atoms with Crippen molar-refractivity contribution in [1.29, 1.82) is 0 Å². The predicted molar refractivity (Wildman–Crippen MR) is 104 cm³/mol. The number of allylic oxidation sites excluding steroid dienone is 1. The lowest BCUT2D eigenvalue weighted by molar-refractivity contribution is -0.116. The van der Waals surface area contributed by atoms with E-state index in [0.717, 1.165) is 60.2 Å². The Balaban J connectivity index is 1.43. The number of nitrogens with zero attached hydrogens (tertiary/aromatic N) is 1. The average molecular weight is 352 g/mol. The van der Waals surface area contributed by atoms with Crippen LogP contribution in [0.1, 0.15) is 58.8 Å². The van der Waals surface area contributed by atoms with Crippen molar-refractivity contribution in [3.05, 3.63) is 11.6 Å². The second-order valence-electron chi connectivity index (χ2n) is 10.8. The number of hydrogen-bond donors (Lipinski definition) is 0. The van der Waals surface area contributed by atoms with E-state index in [0.29, 0.717) is 16.6 Å². The molecule has 0 aromatic heterocycles. The zero-order valence-corrected chi connectivity index (χ0v) is 16.6. The molecule has 26 heavy (non-hydrogen) atoms. The second kappa shape index (κ2) is 4.92. The van der Waals surface area contributed by atoms with E-state index < -0.39 is 0 Å². The van der Waals surface area contributed by atoms with Crippen LogP contribution in [0, 0.1) is 58.2 Å². The highest BCUT2D eigenvalue weighted by atomic mass is 16.1. The molecular formula is C24H33NO. The third-order valence-corrected chi connectivity index (χ3v) is 10.4. The molecular weight excluding hydrogens is 318 g/mol. The molecule has 2 heteroatoms. The summed E-state index contributed by atoms with van der Waals surface area (Å²) in [6.45, 7) is 5.03. The number of carbonyl (C=O) groups excluding carboxylic acids is 1. The molecule has 0 bridgehead atoms. The Kier molecular flexibility index (Phi) is 3.04. The van der Waals surface area contributed by atoms with Gasteiger partial charge in [-0.2, -0.15) is 0 Å². The van der Waals surface area contributed by atoms with Crippen LogP contribution in [0.3, 0.4) is 0 Å². The van der Waals surface area contributed by atoms with E-state index in [2.05, 4.69) is 31.1 Å². The first-order valence-corrected chi connectivity index (χ1v) is 11.2. The first-order valence-electron chi connectivity index (χ1n) is 11.2. The fourth-order valence-corrected chi connectivity index (χ4v) is 9.45. The van der Waals surface area contributed by atoms with Crippen molar-refractivity contribution in [2.45, 2.75) is 58.8 Å². The van der Waals surface area contributed by atoms with E-state index in [4.69, 9.17) is 0 Å². The van der Waals surface area contributed by atoms with Gasteiger partial charge in [0.25, 0.3) is 0 Å². The van der Waals surface area contributed by atoms with Crippen LogP contribution in [0.2, 0.25) is 0 Å². The average Bonchev–Trinajstić information content (AvgIpc) is 3.53. The molecule has 5 saturated carbocycles. The molecule has 0 heterocycles. The highest BCUT2D eigenvalue weighted by Gasteiger charge is 2.76. The molecule has 6 aliphatic rings. The lowest BCUT2D eigenvalue weighted by Crippen LogP contribution is -2.53. The number of ketones is 1. The van der Waals surface area contributed by atoms with E-state index in [-0.39, 0.29) is 0 Å². The lowest BCUT2D eigenvalue weighted by atomic mass is 9.46. The van der Waals surface area contributed by atoms with Gasteiger partial charge in [-0.05, 0) is 97.4 Å². The minimum absolute atomic E-state index is 0.333. The third kappa shape index (κ3) is 1.67. The normalized spacial score (nSPS) is 59.0. The molecule has 6 rings (SSSR count). The van der Waals surface area contributed by atoms with Gasteiger partial charge in [0.05, 0.1) is 0 Å². The molecule has 10 unspecified atom stereocenters. The number of hydrogen-bond acceptors (Lipinski definition) is 2. The van der Waals surface area contributed by atoms with E-state index in [1.54, 1.807) is 5.57 Å². The molecule has 0 spiro atoms. The molecule has 2 nitrogen and oxygen atoms in total. The Morgan fingerprint density at radius 1 is 1.19 bits per heavy atom. The molecule has 0 aliphatic heterocycles. The fraction of sp³-hybridized carbons (Fsp3) is 0.833. The third-order valence-electron chi connectivity index (χ3n) is 10.4. The number of rotatable bonds is 2. The standard InChI is InChI=1S/C24H33NO/c1-4-24-8-7-15-14-6-5-13(26)9-16(14)17-10-18(17)21(15)22(24)19-11-20(19)23(24,2)12-25-3/h9,12,14-15,17-22H,4-8,10-11H2,1-3H3. The van der Waals surface area contributed by atoms with Crippen molar-refractivity contribution in [3.63, 3.8) is 0 Å². The van der Waals surface area contributed by atoms with E-state index in [1.807, 2.05) is 7.05 Å². The summed E-state index contributed by atoms with van der Waals surface area (Å²) in [5.74, 6) is 7.49. The summed E-state index contributed by atoms with van der Waals surface area (Å²) in [4.78, 5) is 16.6. The molecule has 0 radical (unpaired) electrons. The Morgan fingerprint density at radius 3 is 2.81 bits per heavy atom. The van der Waals surface area contributed by atoms with Crippen molar-refractivity contribution < 1.29 is 4.79 Å². The lowest BCUT2D eigenvalue weighted by Gasteiger charge is -2.58. The van der Waals surface area contributed by atoms with Crippen LogP contribution in [-0.2, 0) is 4.79 Å². The summed E-state index contributed by atoms with van der Waals surface area (Å²) in [6, 6.07) is 0. The summed E-state index contributed by atoms with van der Waals surface area (Å²) in [5.41, 5.74) is 2.43. The van der Waals surface area contributed by atoms with Crippen LogP contribution in [0.4, 0.5) is 0 Å². The Morgan fingerprint density at radius 2 is 2.04 bits per heavy atom. The van der Waals surface area contributed by atoms with Gasteiger partial charge >= 0.3 is 0 Å². The Hall–Kier alpha value is -0.920. The van der Waals surface area contributed by atoms with E-state index in [9.17, 15) is 4.79 Å². The minimum Gasteiger partial charge on any atom is -0.300 e. The fourth-order valence-electron chi connectivity index (χ4n) is 9.45. The first kappa shape index (κ1) is 16.1. The van der Waals surface area contributed by atoms with Crippen molar-refractivity contribution in [3.8, 4) is 0 Å². The highest BCUT2D eigenvalue weighted by molar-refractivity contribution is 5.91. The maximum atomic E-state index is 12.0. The maximum absolute atomic E-state index is 12.0. The topological polar surface area (TPSA) is 29.4 Å².